The van der Waals surface area contributed by atoms with Crippen LogP contribution in [0, 0.1) is 0 Å². The van der Waals surface area contributed by atoms with E-state index in [-0.39, 0.29) is 18.2 Å². The lowest BCUT2D eigenvalue weighted by Crippen LogP contribution is -2.42. The summed E-state index contributed by atoms with van der Waals surface area (Å²) in [5, 5.41) is 10.2. The van der Waals surface area contributed by atoms with E-state index in [1.807, 2.05) is 19.9 Å². The Morgan fingerprint density at radius 1 is 1.29 bits per heavy atom. The number of amides is 1. The lowest BCUT2D eigenvalue weighted by Gasteiger charge is -2.27. The summed E-state index contributed by atoms with van der Waals surface area (Å²) in [6, 6.07) is 8.46. The van der Waals surface area contributed by atoms with Crippen molar-refractivity contribution >= 4 is 16.9 Å². The lowest BCUT2D eigenvalue weighted by atomic mass is 10.1. The van der Waals surface area contributed by atoms with Crippen molar-refractivity contribution in [2.24, 2.45) is 0 Å². The van der Waals surface area contributed by atoms with Gasteiger partial charge < -0.3 is 14.4 Å². The van der Waals surface area contributed by atoms with Crippen LogP contribution in [0.2, 0.25) is 0 Å². The van der Waals surface area contributed by atoms with Gasteiger partial charge in [-0.2, -0.15) is 0 Å². The highest BCUT2D eigenvalue weighted by Crippen LogP contribution is 2.15. The Labute approximate surface area is 122 Å². The van der Waals surface area contributed by atoms with Gasteiger partial charge in [-0.3, -0.25) is 4.79 Å². The summed E-state index contributed by atoms with van der Waals surface area (Å²) in [4.78, 5) is 26.0. The normalized spacial score (nSPS) is 12.6. The maximum Gasteiger partial charge on any atom is 0.349 e. The number of carbonyl (C=O) groups is 1. The van der Waals surface area contributed by atoms with Crippen LogP contribution in [-0.2, 0) is 0 Å². The highest BCUT2D eigenvalue weighted by atomic mass is 16.4. The van der Waals surface area contributed by atoms with Crippen molar-refractivity contribution in [2.75, 3.05) is 6.54 Å². The Hall–Kier alpha value is -2.14. The van der Waals surface area contributed by atoms with Crippen molar-refractivity contribution in [2.45, 2.75) is 32.9 Å². The predicted octanol–water partition coefficient (Wildman–Crippen LogP) is 2.02. The van der Waals surface area contributed by atoms with E-state index in [0.29, 0.717) is 11.0 Å². The van der Waals surface area contributed by atoms with Crippen molar-refractivity contribution in [1.82, 2.24) is 4.90 Å². The molecule has 112 valence electrons. The van der Waals surface area contributed by atoms with Gasteiger partial charge in [-0.1, -0.05) is 18.2 Å². The third kappa shape index (κ3) is 3.31. The molecule has 0 bridgehead atoms. The Bertz CT molecular complexity index is 703. The first kappa shape index (κ1) is 15.3. The first-order valence-electron chi connectivity index (χ1n) is 6.92. The maximum atomic E-state index is 12.5. The zero-order chi connectivity index (χ0) is 15.6. The quantitative estimate of drug-likeness (QED) is 0.874. The number of rotatable bonds is 4. The van der Waals surface area contributed by atoms with E-state index in [1.165, 1.54) is 4.90 Å². The molecule has 1 aromatic heterocycles. The number of nitrogens with zero attached hydrogens (tertiary/aromatic N) is 1. The minimum atomic E-state index is -0.663. The summed E-state index contributed by atoms with van der Waals surface area (Å²) >= 11 is 0. The fourth-order valence-electron chi connectivity index (χ4n) is 2.18. The Kier molecular flexibility index (Phi) is 4.43. The molecule has 1 amide bonds. The smallest absolute Gasteiger partial charge is 0.349 e. The van der Waals surface area contributed by atoms with E-state index in [0.717, 1.165) is 0 Å². The Balaban J connectivity index is 2.46. The van der Waals surface area contributed by atoms with Gasteiger partial charge >= 0.3 is 5.63 Å². The number of carbonyl (C=O) groups excluding carboxylic acids is 1. The molecule has 1 heterocycles. The molecule has 0 aliphatic rings. The lowest BCUT2D eigenvalue weighted by molar-refractivity contribution is 0.0575. The third-order valence-corrected chi connectivity index (χ3v) is 3.22. The van der Waals surface area contributed by atoms with Gasteiger partial charge in [-0.15, -0.1) is 0 Å². The first-order chi connectivity index (χ1) is 9.90. The topological polar surface area (TPSA) is 70.8 Å². The average molecular weight is 289 g/mol. The van der Waals surface area contributed by atoms with E-state index < -0.39 is 17.6 Å². The van der Waals surface area contributed by atoms with Crippen LogP contribution in [0.3, 0.4) is 0 Å². The van der Waals surface area contributed by atoms with Gasteiger partial charge in [-0.05, 0) is 32.9 Å². The van der Waals surface area contributed by atoms with Crippen LogP contribution in [-0.4, -0.2) is 34.6 Å². The zero-order valence-corrected chi connectivity index (χ0v) is 12.4. The van der Waals surface area contributed by atoms with Gasteiger partial charge in [0.05, 0.1) is 6.10 Å². The van der Waals surface area contributed by atoms with Crippen molar-refractivity contribution in [3.05, 3.63) is 46.3 Å². The second kappa shape index (κ2) is 6.10. The molecule has 2 aromatic rings. The molecule has 0 aliphatic heterocycles. The second-order valence-electron chi connectivity index (χ2n) is 5.39. The average Bonchev–Trinajstić information content (AvgIpc) is 2.42. The predicted molar refractivity (Wildman–Crippen MR) is 80.3 cm³/mol. The maximum absolute atomic E-state index is 12.5. The van der Waals surface area contributed by atoms with Crippen LogP contribution in [0.5, 0.6) is 0 Å². The van der Waals surface area contributed by atoms with Gasteiger partial charge in [0.15, 0.2) is 0 Å². The number of para-hydroxylation sites is 1. The summed E-state index contributed by atoms with van der Waals surface area (Å²) in [6.07, 6.45) is -0.663. The number of hydrogen-bond acceptors (Lipinski definition) is 4. The Morgan fingerprint density at radius 2 is 1.95 bits per heavy atom. The van der Waals surface area contributed by atoms with Crippen LogP contribution in [0.15, 0.2) is 39.5 Å². The molecule has 0 saturated heterocycles. The molecular formula is C16H19NO4. The number of hydrogen-bond donors (Lipinski definition) is 1. The molecule has 0 saturated carbocycles. The van der Waals surface area contributed by atoms with Gasteiger partial charge in [0.1, 0.15) is 11.1 Å². The minimum Gasteiger partial charge on any atom is -0.422 e. The second-order valence-corrected chi connectivity index (χ2v) is 5.39. The van der Waals surface area contributed by atoms with E-state index in [4.69, 9.17) is 4.42 Å². The number of fused-ring (bicyclic) bond motifs is 1. The fraction of sp³-hybridized carbons (Fsp3) is 0.375. The largest absolute Gasteiger partial charge is 0.422 e. The number of benzene rings is 1. The molecule has 5 heteroatoms. The van der Waals surface area contributed by atoms with Gasteiger partial charge in [-0.25, -0.2) is 4.79 Å². The Morgan fingerprint density at radius 3 is 2.57 bits per heavy atom. The van der Waals surface area contributed by atoms with Crippen molar-refractivity contribution < 1.29 is 14.3 Å². The van der Waals surface area contributed by atoms with Crippen LogP contribution in [0.25, 0.3) is 11.0 Å². The summed E-state index contributed by atoms with van der Waals surface area (Å²) in [7, 11) is 0. The van der Waals surface area contributed by atoms with Crippen LogP contribution in [0.1, 0.15) is 31.1 Å². The molecule has 0 radical (unpaired) electrons. The molecule has 0 fully saturated rings. The van der Waals surface area contributed by atoms with Crippen LogP contribution in [0.4, 0.5) is 0 Å². The molecule has 2 rings (SSSR count). The molecule has 1 unspecified atom stereocenters. The highest BCUT2D eigenvalue weighted by Gasteiger charge is 2.23. The summed E-state index contributed by atoms with van der Waals surface area (Å²) in [5.74, 6) is -0.426. The number of aliphatic hydroxyl groups is 1. The van der Waals surface area contributed by atoms with Crippen LogP contribution >= 0.6 is 0 Å². The van der Waals surface area contributed by atoms with E-state index in [1.54, 1.807) is 31.2 Å². The SMILES string of the molecule is CC(O)CN(C(=O)c1cc2ccccc2oc1=O)C(C)C. The van der Waals surface area contributed by atoms with Crippen LogP contribution < -0.4 is 5.63 Å². The third-order valence-electron chi connectivity index (χ3n) is 3.22. The monoisotopic (exact) mass is 289 g/mol. The van der Waals surface area contributed by atoms with Crippen molar-refractivity contribution in [3.8, 4) is 0 Å². The van der Waals surface area contributed by atoms with Crippen molar-refractivity contribution in [1.29, 1.82) is 0 Å². The minimum absolute atomic E-state index is 0.0111. The van der Waals surface area contributed by atoms with E-state index in [9.17, 15) is 14.7 Å². The molecule has 0 spiro atoms. The van der Waals surface area contributed by atoms with Gasteiger partial charge in [0.25, 0.3) is 5.91 Å². The zero-order valence-electron chi connectivity index (χ0n) is 12.4. The first-order valence-corrected chi connectivity index (χ1v) is 6.92. The molecule has 0 aliphatic carbocycles. The fourth-order valence-corrected chi connectivity index (χ4v) is 2.18. The summed E-state index contributed by atoms with van der Waals surface area (Å²) < 4.78 is 5.18. The van der Waals surface area contributed by atoms with Gasteiger partial charge in [0.2, 0.25) is 0 Å². The summed E-state index contributed by atoms with van der Waals surface area (Å²) in [6.45, 7) is 5.44. The standard InChI is InChI=1S/C16H19NO4/c1-10(2)17(9-11(3)18)15(19)13-8-12-6-4-5-7-14(12)21-16(13)20/h4-8,10-11,18H,9H2,1-3H3. The molecule has 21 heavy (non-hydrogen) atoms. The molecular weight excluding hydrogens is 270 g/mol. The van der Waals surface area contributed by atoms with Gasteiger partial charge in [0, 0.05) is 18.0 Å². The van der Waals surface area contributed by atoms with E-state index >= 15 is 0 Å². The number of aliphatic hydroxyl groups excluding tert-OH is 1. The summed E-state index contributed by atoms with van der Waals surface area (Å²) in [5.41, 5.74) is -0.219. The molecule has 5 nitrogen and oxygen atoms in total. The van der Waals surface area contributed by atoms with Crippen molar-refractivity contribution in [3.63, 3.8) is 0 Å². The molecule has 1 aromatic carbocycles. The van der Waals surface area contributed by atoms with E-state index in [2.05, 4.69) is 0 Å². The molecule has 1 N–H and O–H groups in total. The molecule has 1 atom stereocenters. The highest BCUT2D eigenvalue weighted by molar-refractivity contribution is 5.96.